The Labute approximate surface area is 259 Å². The number of esters is 2. The summed E-state index contributed by atoms with van der Waals surface area (Å²) in [5.41, 5.74) is 0. The van der Waals surface area contributed by atoms with E-state index in [-0.39, 0.29) is 12.8 Å². The van der Waals surface area contributed by atoms with Crippen molar-refractivity contribution in [2.24, 2.45) is 0 Å². The van der Waals surface area contributed by atoms with Crippen molar-refractivity contribution in [1.82, 2.24) is 0 Å². The summed E-state index contributed by atoms with van der Waals surface area (Å²) < 4.78 is 32.2. The van der Waals surface area contributed by atoms with Gasteiger partial charge in [-0.25, -0.2) is 4.57 Å². The lowest BCUT2D eigenvalue weighted by Crippen LogP contribution is -2.28. The molecule has 0 aliphatic heterocycles. The number of unbranched alkanes of at least 4 members (excludes halogenated alkanes) is 12. The van der Waals surface area contributed by atoms with Gasteiger partial charge in [0.2, 0.25) is 0 Å². The Morgan fingerprint density at radius 3 is 1.33 bits per heavy atom. The summed E-state index contributed by atoms with van der Waals surface area (Å²) in [5.74, 6) is -1.05. The molecule has 0 heterocycles. The zero-order chi connectivity index (χ0) is 32.0. The van der Waals surface area contributed by atoms with Gasteiger partial charge in [0.25, 0.3) is 0 Å². The summed E-state index contributed by atoms with van der Waals surface area (Å²) >= 11 is 0. The molecule has 0 radical (unpaired) electrons. The molecule has 252 valence electrons. The summed E-state index contributed by atoms with van der Waals surface area (Å²) in [6.45, 7) is 2.01. The third kappa shape index (κ3) is 27.7. The van der Waals surface area contributed by atoms with Gasteiger partial charge in [-0.2, -0.15) is 0 Å². The zero-order valence-corrected chi connectivity index (χ0v) is 27.6. The van der Waals surface area contributed by atoms with Crippen molar-refractivity contribution in [2.45, 2.75) is 142 Å². The van der Waals surface area contributed by atoms with Gasteiger partial charge < -0.3 is 24.6 Å². The highest BCUT2D eigenvalue weighted by atomic mass is 31.2. The highest BCUT2D eigenvalue weighted by molar-refractivity contribution is 7.47. The standard InChI is InChI=1S/C32H59O10P/c1-3-5-7-9-11-13-15-17-19-21-23-31(35)41-29(25-33)27-39-43(37,38)40-28-30(26-34)42-32(36)24-22-20-18-16-14-12-10-8-6-4-2/h7-10,29-30,33-34H,3-6,11-28H2,1-2H3,(H,37,38)/b9-7-,10-8-. The molecule has 0 saturated heterocycles. The number of hydrogen-bond donors (Lipinski definition) is 3. The van der Waals surface area contributed by atoms with E-state index < -0.39 is 58.4 Å². The Bertz CT molecular complexity index is 726. The number of carbonyl (C=O) groups excluding carboxylic acids is 2. The molecule has 0 spiro atoms. The molecule has 2 atom stereocenters. The van der Waals surface area contributed by atoms with E-state index >= 15 is 0 Å². The predicted molar refractivity (Wildman–Crippen MR) is 168 cm³/mol. The Balaban J connectivity index is 4.09. The Hall–Kier alpha value is -1.55. The number of hydrogen-bond acceptors (Lipinski definition) is 9. The van der Waals surface area contributed by atoms with E-state index in [1.807, 2.05) is 0 Å². The summed E-state index contributed by atoms with van der Waals surface area (Å²) in [4.78, 5) is 34.1. The highest BCUT2D eigenvalue weighted by Gasteiger charge is 2.27. The van der Waals surface area contributed by atoms with Gasteiger partial charge in [-0.15, -0.1) is 0 Å². The minimum atomic E-state index is -4.62. The smallest absolute Gasteiger partial charge is 0.457 e. The maximum absolute atomic E-state index is 12.2. The Kier molecular flexibility index (Phi) is 28.1. The van der Waals surface area contributed by atoms with Gasteiger partial charge in [-0.05, 0) is 51.4 Å². The fourth-order valence-corrected chi connectivity index (χ4v) is 4.84. The van der Waals surface area contributed by atoms with Gasteiger partial charge >= 0.3 is 19.8 Å². The summed E-state index contributed by atoms with van der Waals surface area (Å²) in [6.07, 6.45) is 23.2. The first-order valence-corrected chi connectivity index (χ1v) is 17.8. The van der Waals surface area contributed by atoms with Gasteiger partial charge in [0.1, 0.15) is 12.2 Å². The van der Waals surface area contributed by atoms with E-state index in [1.165, 1.54) is 0 Å². The van der Waals surface area contributed by atoms with Crippen molar-refractivity contribution in [3.8, 4) is 0 Å². The fourth-order valence-electron chi connectivity index (χ4n) is 4.06. The topological polar surface area (TPSA) is 149 Å². The number of rotatable bonds is 30. The number of ether oxygens (including phenoxy) is 2. The molecule has 0 aliphatic carbocycles. The van der Waals surface area contributed by atoms with Crippen molar-refractivity contribution in [3.63, 3.8) is 0 Å². The van der Waals surface area contributed by atoms with Crippen LogP contribution in [-0.2, 0) is 32.7 Å². The van der Waals surface area contributed by atoms with E-state index in [9.17, 15) is 29.3 Å². The van der Waals surface area contributed by atoms with Crippen LogP contribution in [0.1, 0.15) is 129 Å². The van der Waals surface area contributed by atoms with Gasteiger partial charge in [-0.1, -0.05) is 89.5 Å². The van der Waals surface area contributed by atoms with Gasteiger partial charge in [0.05, 0.1) is 26.4 Å². The molecule has 0 aliphatic rings. The normalized spacial score (nSPS) is 14.6. The molecule has 43 heavy (non-hydrogen) atoms. The molecule has 0 amide bonds. The van der Waals surface area contributed by atoms with Crippen LogP contribution in [0.2, 0.25) is 0 Å². The van der Waals surface area contributed by atoms with Crippen LogP contribution < -0.4 is 0 Å². The molecule has 11 heteroatoms. The van der Waals surface area contributed by atoms with Crippen LogP contribution in [0, 0.1) is 0 Å². The Morgan fingerprint density at radius 2 is 0.953 bits per heavy atom. The van der Waals surface area contributed by atoms with Gasteiger partial charge in [-0.3, -0.25) is 18.6 Å². The van der Waals surface area contributed by atoms with Crippen LogP contribution in [-0.4, -0.2) is 65.7 Å². The molecule has 0 aromatic carbocycles. The number of allylic oxidation sites excluding steroid dienone is 4. The number of aliphatic hydroxyl groups excluding tert-OH is 2. The van der Waals surface area contributed by atoms with Crippen LogP contribution in [0.5, 0.6) is 0 Å². The predicted octanol–water partition coefficient (Wildman–Crippen LogP) is 7.10. The van der Waals surface area contributed by atoms with E-state index in [2.05, 4.69) is 38.2 Å². The quantitative estimate of drug-likeness (QED) is 0.0323. The minimum Gasteiger partial charge on any atom is -0.457 e. The molecule has 3 N–H and O–H groups in total. The number of phosphoric acid groups is 1. The van der Waals surface area contributed by atoms with Crippen molar-refractivity contribution < 1.29 is 47.8 Å². The molecule has 10 nitrogen and oxygen atoms in total. The van der Waals surface area contributed by atoms with Crippen molar-refractivity contribution in [2.75, 3.05) is 26.4 Å². The SMILES string of the molecule is CCC/C=C\CCCCCCCC(=O)OC(CO)COP(=O)(O)OCC(CO)OC(=O)CCCCCCC/C=C\CCC. The first-order valence-electron chi connectivity index (χ1n) is 16.3. The average molecular weight is 635 g/mol. The maximum Gasteiger partial charge on any atom is 0.472 e. The maximum atomic E-state index is 12.2. The van der Waals surface area contributed by atoms with E-state index in [4.69, 9.17) is 18.5 Å². The second-order valence-corrected chi connectivity index (χ2v) is 12.2. The molecule has 0 aromatic heterocycles. The van der Waals surface area contributed by atoms with Gasteiger partial charge in [0, 0.05) is 12.8 Å². The van der Waals surface area contributed by atoms with Crippen LogP contribution in [0.4, 0.5) is 0 Å². The van der Waals surface area contributed by atoms with Crippen molar-refractivity contribution in [1.29, 1.82) is 0 Å². The van der Waals surface area contributed by atoms with Crippen LogP contribution in [0.25, 0.3) is 0 Å². The van der Waals surface area contributed by atoms with Gasteiger partial charge in [0.15, 0.2) is 0 Å². The fraction of sp³-hybridized carbons (Fsp3) is 0.812. The largest absolute Gasteiger partial charge is 0.472 e. The van der Waals surface area contributed by atoms with E-state index in [0.717, 1.165) is 89.9 Å². The lowest BCUT2D eigenvalue weighted by molar-refractivity contribution is -0.153. The molecule has 0 saturated carbocycles. The van der Waals surface area contributed by atoms with Crippen molar-refractivity contribution in [3.05, 3.63) is 24.3 Å². The average Bonchev–Trinajstić information content (AvgIpc) is 2.99. The third-order valence-electron chi connectivity index (χ3n) is 6.60. The summed E-state index contributed by atoms with van der Waals surface area (Å²) in [5, 5.41) is 19.0. The zero-order valence-electron chi connectivity index (χ0n) is 26.7. The number of phosphoric ester groups is 1. The number of carbonyl (C=O) groups is 2. The monoisotopic (exact) mass is 634 g/mol. The first-order chi connectivity index (χ1) is 20.8. The second-order valence-electron chi connectivity index (χ2n) is 10.8. The molecule has 0 aromatic rings. The lowest BCUT2D eigenvalue weighted by Gasteiger charge is -2.20. The molecule has 0 rings (SSSR count). The molecule has 0 bridgehead atoms. The lowest BCUT2D eigenvalue weighted by atomic mass is 10.1. The van der Waals surface area contributed by atoms with Crippen LogP contribution in [0.15, 0.2) is 24.3 Å². The van der Waals surface area contributed by atoms with Crippen LogP contribution in [0.3, 0.4) is 0 Å². The Morgan fingerprint density at radius 1 is 0.605 bits per heavy atom. The molecular weight excluding hydrogens is 575 g/mol. The van der Waals surface area contributed by atoms with Crippen LogP contribution >= 0.6 is 7.82 Å². The molecular formula is C32H59O10P. The molecule has 0 fully saturated rings. The van der Waals surface area contributed by atoms with Crippen molar-refractivity contribution >= 4 is 19.8 Å². The highest BCUT2D eigenvalue weighted by Crippen LogP contribution is 2.43. The first kappa shape index (κ1) is 41.4. The summed E-state index contributed by atoms with van der Waals surface area (Å²) in [7, 11) is -4.62. The summed E-state index contributed by atoms with van der Waals surface area (Å²) in [6, 6.07) is 0. The van der Waals surface area contributed by atoms with E-state index in [0.29, 0.717) is 12.8 Å². The van der Waals surface area contributed by atoms with E-state index in [1.54, 1.807) is 0 Å². The molecule has 2 unspecified atom stereocenters. The second kappa shape index (κ2) is 29.2. The third-order valence-corrected chi connectivity index (χ3v) is 7.55. The minimum absolute atomic E-state index is 0.181. The number of aliphatic hydroxyl groups is 2.